The van der Waals surface area contributed by atoms with Gasteiger partial charge in [-0.05, 0) is 24.8 Å². The summed E-state index contributed by atoms with van der Waals surface area (Å²) in [5, 5.41) is 9.07. The van der Waals surface area contributed by atoms with E-state index in [9.17, 15) is 4.79 Å². The second kappa shape index (κ2) is 3.06. The van der Waals surface area contributed by atoms with Gasteiger partial charge in [0, 0.05) is 6.54 Å². The van der Waals surface area contributed by atoms with Crippen molar-refractivity contribution in [2.45, 2.75) is 19.4 Å². The highest BCUT2D eigenvalue weighted by Gasteiger charge is 2.25. The lowest BCUT2D eigenvalue weighted by Crippen LogP contribution is -2.09. The molecule has 1 saturated carbocycles. The summed E-state index contributed by atoms with van der Waals surface area (Å²) >= 11 is 1.49. The Kier molecular flexibility index (Phi) is 1.82. The van der Waals surface area contributed by atoms with E-state index in [1.54, 1.807) is 11.6 Å². The first-order valence-corrected chi connectivity index (χ1v) is 5.79. The van der Waals surface area contributed by atoms with Crippen LogP contribution in [0.2, 0.25) is 0 Å². The van der Waals surface area contributed by atoms with E-state index in [1.807, 2.05) is 4.57 Å². The molecule has 1 aliphatic carbocycles. The van der Waals surface area contributed by atoms with Gasteiger partial charge in [-0.2, -0.15) is 0 Å². The minimum atomic E-state index is -0.860. The molecule has 0 aromatic carbocycles. The van der Waals surface area contributed by atoms with Crippen LogP contribution in [0.15, 0.2) is 11.6 Å². The summed E-state index contributed by atoms with van der Waals surface area (Å²) in [6.07, 6.45) is 2.42. The van der Waals surface area contributed by atoms with Gasteiger partial charge in [0.05, 0.1) is 10.2 Å². The van der Waals surface area contributed by atoms with E-state index in [4.69, 9.17) is 5.11 Å². The number of hydrogen-bond donors (Lipinski definition) is 1. The standard InChI is InChI=1S/C10H10N2O2S/c13-10(14)7-3-8-9(11-5-15-8)12(7)4-6-1-2-6/h3,5-6H,1-2,4H2,(H,13,14). The Labute approximate surface area is 90.2 Å². The second-order valence-electron chi connectivity index (χ2n) is 3.93. The van der Waals surface area contributed by atoms with E-state index in [2.05, 4.69) is 4.98 Å². The lowest BCUT2D eigenvalue weighted by Gasteiger charge is -2.04. The zero-order chi connectivity index (χ0) is 10.4. The van der Waals surface area contributed by atoms with Crippen molar-refractivity contribution in [1.82, 2.24) is 9.55 Å². The van der Waals surface area contributed by atoms with E-state index in [0.717, 1.165) is 16.9 Å². The Balaban J connectivity index is 2.14. The van der Waals surface area contributed by atoms with Crippen molar-refractivity contribution in [2.24, 2.45) is 5.92 Å². The third kappa shape index (κ3) is 1.43. The number of thiazole rings is 1. The molecule has 0 radical (unpaired) electrons. The summed E-state index contributed by atoms with van der Waals surface area (Å²) in [4.78, 5) is 15.3. The summed E-state index contributed by atoms with van der Waals surface area (Å²) in [6.45, 7) is 0.800. The van der Waals surface area contributed by atoms with Crippen LogP contribution in [0.5, 0.6) is 0 Å². The lowest BCUT2D eigenvalue weighted by atomic mass is 10.4. The number of carbonyl (C=O) groups is 1. The van der Waals surface area contributed by atoms with Crippen LogP contribution < -0.4 is 0 Å². The zero-order valence-corrected chi connectivity index (χ0v) is 8.83. The summed E-state index contributed by atoms with van der Waals surface area (Å²) < 4.78 is 2.80. The van der Waals surface area contributed by atoms with Crippen LogP contribution in [0.3, 0.4) is 0 Å². The van der Waals surface area contributed by atoms with Gasteiger partial charge in [0.2, 0.25) is 0 Å². The van der Waals surface area contributed by atoms with Crippen LogP contribution in [-0.4, -0.2) is 20.6 Å². The van der Waals surface area contributed by atoms with E-state index >= 15 is 0 Å². The molecule has 3 rings (SSSR count). The minimum absolute atomic E-state index is 0.372. The number of aromatic carboxylic acids is 1. The van der Waals surface area contributed by atoms with Gasteiger partial charge >= 0.3 is 5.97 Å². The Hall–Kier alpha value is -1.36. The van der Waals surface area contributed by atoms with Crippen molar-refractivity contribution in [3.05, 3.63) is 17.3 Å². The highest BCUT2D eigenvalue weighted by Crippen LogP contribution is 2.33. The van der Waals surface area contributed by atoms with Gasteiger partial charge < -0.3 is 9.67 Å². The smallest absolute Gasteiger partial charge is 0.352 e. The molecule has 5 heteroatoms. The largest absolute Gasteiger partial charge is 0.477 e. The molecular formula is C10H10N2O2S. The average Bonchev–Trinajstić information content (AvgIpc) is 2.76. The predicted octanol–water partition coefficient (Wildman–Crippen LogP) is 2.21. The second-order valence-corrected chi connectivity index (χ2v) is 4.82. The van der Waals surface area contributed by atoms with Crippen LogP contribution >= 0.6 is 11.3 Å². The number of fused-ring (bicyclic) bond motifs is 1. The Morgan fingerprint density at radius 3 is 3.13 bits per heavy atom. The summed E-state index contributed by atoms with van der Waals surface area (Å²) in [7, 11) is 0. The van der Waals surface area contributed by atoms with Gasteiger partial charge in [-0.3, -0.25) is 0 Å². The molecule has 15 heavy (non-hydrogen) atoms. The summed E-state index contributed by atoms with van der Waals surface area (Å²) in [6, 6.07) is 1.72. The lowest BCUT2D eigenvalue weighted by molar-refractivity contribution is 0.0685. The van der Waals surface area contributed by atoms with Crippen LogP contribution in [-0.2, 0) is 6.54 Å². The molecule has 2 heterocycles. The molecule has 2 aromatic heterocycles. The molecule has 1 fully saturated rings. The van der Waals surface area contributed by atoms with Crippen molar-refractivity contribution in [2.75, 3.05) is 0 Å². The van der Waals surface area contributed by atoms with Crippen LogP contribution in [0.1, 0.15) is 23.3 Å². The van der Waals surface area contributed by atoms with Gasteiger partial charge in [0.1, 0.15) is 5.69 Å². The molecule has 78 valence electrons. The van der Waals surface area contributed by atoms with Gasteiger partial charge in [-0.1, -0.05) is 0 Å². The van der Waals surface area contributed by atoms with Crippen LogP contribution in [0.25, 0.3) is 10.3 Å². The normalized spacial score (nSPS) is 16.0. The molecule has 1 aliphatic rings. The SMILES string of the molecule is O=C(O)c1cc2scnc2n1CC1CC1. The number of hydrogen-bond acceptors (Lipinski definition) is 3. The first kappa shape index (κ1) is 8.91. The molecule has 1 N–H and O–H groups in total. The van der Waals surface area contributed by atoms with Crippen molar-refractivity contribution < 1.29 is 9.90 Å². The highest BCUT2D eigenvalue weighted by molar-refractivity contribution is 7.16. The van der Waals surface area contributed by atoms with Gasteiger partial charge in [-0.25, -0.2) is 9.78 Å². The fourth-order valence-electron chi connectivity index (χ4n) is 1.79. The fraction of sp³-hybridized carbons (Fsp3) is 0.400. The monoisotopic (exact) mass is 222 g/mol. The topological polar surface area (TPSA) is 55.1 Å². The average molecular weight is 222 g/mol. The van der Waals surface area contributed by atoms with Gasteiger partial charge in [0.15, 0.2) is 5.65 Å². The molecule has 0 aliphatic heterocycles. The third-order valence-electron chi connectivity index (χ3n) is 2.75. The molecule has 0 bridgehead atoms. The maximum atomic E-state index is 11.0. The van der Waals surface area contributed by atoms with Crippen molar-refractivity contribution in [3.63, 3.8) is 0 Å². The van der Waals surface area contributed by atoms with E-state index in [0.29, 0.717) is 11.6 Å². The first-order chi connectivity index (χ1) is 7.25. The number of nitrogens with zero attached hydrogens (tertiary/aromatic N) is 2. The van der Waals surface area contributed by atoms with Crippen LogP contribution in [0.4, 0.5) is 0 Å². The van der Waals surface area contributed by atoms with E-state index < -0.39 is 5.97 Å². The number of aromatic nitrogens is 2. The predicted molar refractivity (Wildman–Crippen MR) is 57.3 cm³/mol. The Bertz CT molecular complexity index is 524. The fourth-order valence-corrected chi connectivity index (χ4v) is 2.50. The Morgan fingerprint density at radius 1 is 1.67 bits per heavy atom. The van der Waals surface area contributed by atoms with Crippen LogP contribution in [0, 0.1) is 5.92 Å². The van der Waals surface area contributed by atoms with Gasteiger partial charge in [0.25, 0.3) is 0 Å². The van der Waals surface area contributed by atoms with Gasteiger partial charge in [-0.15, -0.1) is 11.3 Å². The van der Waals surface area contributed by atoms with Crippen molar-refractivity contribution >= 4 is 27.7 Å². The van der Waals surface area contributed by atoms with E-state index in [-0.39, 0.29) is 0 Å². The molecule has 0 unspecified atom stereocenters. The molecule has 0 atom stereocenters. The highest BCUT2D eigenvalue weighted by atomic mass is 32.1. The number of carboxylic acid groups (broad SMARTS) is 1. The number of carboxylic acids is 1. The maximum Gasteiger partial charge on any atom is 0.352 e. The molecule has 2 aromatic rings. The summed E-state index contributed by atoms with van der Waals surface area (Å²) in [5.74, 6) is -0.207. The minimum Gasteiger partial charge on any atom is -0.477 e. The number of rotatable bonds is 3. The summed E-state index contributed by atoms with van der Waals surface area (Å²) in [5.41, 5.74) is 2.96. The quantitative estimate of drug-likeness (QED) is 0.866. The first-order valence-electron chi connectivity index (χ1n) is 4.91. The zero-order valence-electron chi connectivity index (χ0n) is 8.01. The maximum absolute atomic E-state index is 11.0. The molecule has 4 nitrogen and oxygen atoms in total. The van der Waals surface area contributed by atoms with E-state index in [1.165, 1.54) is 24.2 Å². The molecule has 0 spiro atoms. The molecule has 0 saturated heterocycles. The van der Waals surface area contributed by atoms with Crippen molar-refractivity contribution in [3.8, 4) is 0 Å². The molecular weight excluding hydrogens is 212 g/mol. The third-order valence-corrected chi connectivity index (χ3v) is 3.51. The molecule has 0 amide bonds. The van der Waals surface area contributed by atoms with Crippen molar-refractivity contribution in [1.29, 1.82) is 0 Å². The Morgan fingerprint density at radius 2 is 2.47 bits per heavy atom.